The van der Waals surface area contributed by atoms with Crippen LogP contribution in [0.25, 0.3) is 0 Å². The number of nitrogens with two attached hydrogens (primary N) is 1. The lowest BCUT2D eigenvalue weighted by atomic mass is 9.98. The van der Waals surface area contributed by atoms with E-state index >= 15 is 0 Å². The molecule has 0 bridgehead atoms. The largest absolute Gasteiger partial charge is 0.369 e. The number of hydrogen-bond donors (Lipinski definition) is 1. The van der Waals surface area contributed by atoms with Gasteiger partial charge in [0.25, 0.3) is 0 Å². The van der Waals surface area contributed by atoms with Crippen LogP contribution in [-0.2, 0) is 4.79 Å². The van der Waals surface area contributed by atoms with E-state index in [1.54, 1.807) is 16.8 Å². The van der Waals surface area contributed by atoms with Gasteiger partial charge >= 0.3 is 6.03 Å². The van der Waals surface area contributed by atoms with E-state index in [0.717, 1.165) is 19.4 Å². The third kappa shape index (κ3) is 2.84. The molecule has 0 spiro atoms. The van der Waals surface area contributed by atoms with Crippen LogP contribution >= 0.6 is 0 Å². The van der Waals surface area contributed by atoms with Crippen LogP contribution < -0.4 is 5.73 Å². The van der Waals surface area contributed by atoms with Crippen LogP contribution in [0.15, 0.2) is 0 Å². The van der Waals surface area contributed by atoms with E-state index in [9.17, 15) is 9.59 Å². The molecule has 1 heterocycles. The third-order valence-corrected chi connectivity index (χ3v) is 2.90. The summed E-state index contributed by atoms with van der Waals surface area (Å²) in [5, 5.41) is 0. The van der Waals surface area contributed by atoms with Gasteiger partial charge in [-0.1, -0.05) is 0 Å². The summed E-state index contributed by atoms with van der Waals surface area (Å²) in [4.78, 5) is 26.2. The second-order valence-corrected chi connectivity index (χ2v) is 3.98. The molecule has 1 fully saturated rings. The highest BCUT2D eigenvalue weighted by molar-refractivity contribution is 5.79. The first kappa shape index (κ1) is 11.8. The molecule has 1 rings (SSSR count). The van der Waals surface area contributed by atoms with Crippen molar-refractivity contribution in [2.24, 2.45) is 11.7 Å². The Morgan fingerprint density at radius 2 is 2.20 bits per heavy atom. The van der Waals surface area contributed by atoms with E-state index in [4.69, 9.17) is 5.73 Å². The first-order chi connectivity index (χ1) is 7.06. The fourth-order valence-electron chi connectivity index (χ4n) is 1.76. The number of nitrogens with zero attached hydrogens (tertiary/aromatic N) is 2. The molecule has 1 aliphatic rings. The highest BCUT2D eigenvalue weighted by Gasteiger charge is 2.27. The van der Waals surface area contributed by atoms with Crippen molar-refractivity contribution in [1.29, 1.82) is 0 Å². The number of carbonyl (C=O) groups excluding carboxylic acids is 2. The van der Waals surface area contributed by atoms with Crippen molar-refractivity contribution < 1.29 is 9.59 Å². The molecule has 5 heteroatoms. The highest BCUT2D eigenvalue weighted by Crippen LogP contribution is 2.16. The van der Waals surface area contributed by atoms with Crippen LogP contribution in [0.3, 0.4) is 0 Å². The Morgan fingerprint density at radius 3 is 2.73 bits per heavy atom. The molecule has 3 amide bonds. The van der Waals surface area contributed by atoms with Crippen LogP contribution in [0.2, 0.25) is 0 Å². The van der Waals surface area contributed by atoms with Crippen molar-refractivity contribution in [1.82, 2.24) is 9.80 Å². The van der Waals surface area contributed by atoms with Gasteiger partial charge < -0.3 is 15.5 Å². The van der Waals surface area contributed by atoms with Crippen molar-refractivity contribution in [3.63, 3.8) is 0 Å². The highest BCUT2D eigenvalue weighted by atomic mass is 16.2. The van der Waals surface area contributed by atoms with Crippen molar-refractivity contribution in [3.05, 3.63) is 0 Å². The zero-order valence-corrected chi connectivity index (χ0v) is 9.40. The Bertz CT molecular complexity index is 255. The summed E-state index contributed by atoms with van der Waals surface area (Å²) >= 11 is 0. The molecule has 2 N–H and O–H groups in total. The molecule has 1 aliphatic heterocycles. The fraction of sp³-hybridized carbons (Fsp3) is 0.800. The molecule has 15 heavy (non-hydrogen) atoms. The van der Waals surface area contributed by atoms with Gasteiger partial charge in [-0.05, 0) is 19.8 Å². The summed E-state index contributed by atoms with van der Waals surface area (Å²) in [5.74, 6) is -0.473. The molecule has 1 saturated heterocycles. The first-order valence-electron chi connectivity index (χ1n) is 5.35. The zero-order chi connectivity index (χ0) is 11.4. The molecular weight excluding hydrogens is 194 g/mol. The lowest BCUT2D eigenvalue weighted by molar-refractivity contribution is -0.123. The Kier molecular flexibility index (Phi) is 3.94. The summed E-state index contributed by atoms with van der Waals surface area (Å²) in [7, 11) is 1.76. The quantitative estimate of drug-likeness (QED) is 0.714. The SMILES string of the molecule is CCN(C)C(=O)N1CCCC(C(N)=O)C1. The second-order valence-electron chi connectivity index (χ2n) is 3.98. The molecule has 5 nitrogen and oxygen atoms in total. The molecule has 1 unspecified atom stereocenters. The molecular formula is C10H19N3O2. The van der Waals surface area contributed by atoms with E-state index < -0.39 is 0 Å². The zero-order valence-electron chi connectivity index (χ0n) is 9.40. The van der Waals surface area contributed by atoms with E-state index in [1.807, 2.05) is 6.92 Å². The molecule has 86 valence electrons. The Balaban J connectivity index is 2.56. The van der Waals surface area contributed by atoms with E-state index in [0.29, 0.717) is 13.1 Å². The molecule has 0 aliphatic carbocycles. The second kappa shape index (κ2) is 5.00. The van der Waals surface area contributed by atoms with Crippen molar-refractivity contribution in [2.45, 2.75) is 19.8 Å². The number of carbonyl (C=O) groups is 2. The van der Waals surface area contributed by atoms with Crippen molar-refractivity contribution in [2.75, 3.05) is 26.7 Å². The average Bonchev–Trinajstić information content (AvgIpc) is 2.27. The van der Waals surface area contributed by atoms with E-state index in [1.165, 1.54) is 0 Å². The molecule has 0 saturated carbocycles. The minimum absolute atomic E-state index is 0.0107. The molecule has 0 aromatic carbocycles. The van der Waals surface area contributed by atoms with Gasteiger partial charge in [-0.15, -0.1) is 0 Å². The third-order valence-electron chi connectivity index (χ3n) is 2.90. The maximum atomic E-state index is 11.8. The van der Waals surface area contributed by atoms with Crippen LogP contribution in [-0.4, -0.2) is 48.4 Å². The number of urea groups is 1. The summed E-state index contributed by atoms with van der Waals surface area (Å²) in [5.41, 5.74) is 5.25. The van der Waals surface area contributed by atoms with Gasteiger partial charge in [-0.25, -0.2) is 4.79 Å². The number of primary amides is 1. The minimum atomic E-state index is -0.299. The van der Waals surface area contributed by atoms with Gasteiger partial charge in [-0.3, -0.25) is 4.79 Å². The summed E-state index contributed by atoms with van der Waals surface area (Å²) in [6, 6.07) is -0.0107. The van der Waals surface area contributed by atoms with Gasteiger partial charge in [0.1, 0.15) is 0 Å². The van der Waals surface area contributed by atoms with Crippen LogP contribution in [0, 0.1) is 5.92 Å². The monoisotopic (exact) mass is 213 g/mol. The van der Waals surface area contributed by atoms with Gasteiger partial charge in [0.2, 0.25) is 5.91 Å². The van der Waals surface area contributed by atoms with Crippen LogP contribution in [0.4, 0.5) is 4.79 Å². The van der Waals surface area contributed by atoms with E-state index in [2.05, 4.69) is 0 Å². The minimum Gasteiger partial charge on any atom is -0.369 e. The van der Waals surface area contributed by atoms with Gasteiger partial charge in [0, 0.05) is 26.7 Å². The fourth-order valence-corrected chi connectivity index (χ4v) is 1.76. The Morgan fingerprint density at radius 1 is 1.53 bits per heavy atom. The Labute approximate surface area is 90.2 Å². The number of rotatable bonds is 2. The van der Waals surface area contributed by atoms with Gasteiger partial charge in [0.15, 0.2) is 0 Å². The standard InChI is InChI=1S/C10H19N3O2/c1-3-12(2)10(15)13-6-4-5-8(7-13)9(11)14/h8H,3-7H2,1-2H3,(H2,11,14). The van der Waals surface area contributed by atoms with Gasteiger partial charge in [0.05, 0.1) is 5.92 Å². The predicted molar refractivity (Wildman–Crippen MR) is 57.2 cm³/mol. The lowest BCUT2D eigenvalue weighted by Gasteiger charge is -2.33. The summed E-state index contributed by atoms with van der Waals surface area (Å²) in [6.45, 7) is 3.80. The molecule has 1 atom stereocenters. The molecule has 0 aromatic heterocycles. The summed E-state index contributed by atoms with van der Waals surface area (Å²) < 4.78 is 0. The van der Waals surface area contributed by atoms with Crippen molar-refractivity contribution in [3.8, 4) is 0 Å². The topological polar surface area (TPSA) is 66.6 Å². The van der Waals surface area contributed by atoms with Crippen LogP contribution in [0.5, 0.6) is 0 Å². The van der Waals surface area contributed by atoms with E-state index in [-0.39, 0.29) is 17.9 Å². The smallest absolute Gasteiger partial charge is 0.319 e. The Hall–Kier alpha value is -1.26. The lowest BCUT2D eigenvalue weighted by Crippen LogP contribution is -2.48. The number of hydrogen-bond acceptors (Lipinski definition) is 2. The normalized spacial score (nSPS) is 21.2. The maximum Gasteiger partial charge on any atom is 0.319 e. The molecule has 0 aromatic rings. The number of likely N-dealkylation sites (tertiary alicyclic amines) is 1. The number of piperidine rings is 1. The molecule has 0 radical (unpaired) electrons. The van der Waals surface area contributed by atoms with Crippen LogP contribution in [0.1, 0.15) is 19.8 Å². The average molecular weight is 213 g/mol. The van der Waals surface area contributed by atoms with Crippen molar-refractivity contribution >= 4 is 11.9 Å². The van der Waals surface area contributed by atoms with Gasteiger partial charge in [-0.2, -0.15) is 0 Å². The number of amides is 3. The predicted octanol–water partition coefficient (Wildman–Crippen LogP) is 0.255. The summed E-state index contributed by atoms with van der Waals surface area (Å²) in [6.07, 6.45) is 1.66. The first-order valence-corrected chi connectivity index (χ1v) is 5.35. The maximum absolute atomic E-state index is 11.8.